The van der Waals surface area contributed by atoms with Crippen LogP contribution in [0.5, 0.6) is 0 Å². The van der Waals surface area contributed by atoms with Gasteiger partial charge in [-0.15, -0.1) is 21.5 Å². The molecule has 0 fully saturated rings. The van der Waals surface area contributed by atoms with E-state index in [0.717, 1.165) is 15.0 Å². The lowest BCUT2D eigenvalue weighted by Gasteiger charge is -1.99. The van der Waals surface area contributed by atoms with Crippen molar-refractivity contribution >= 4 is 28.6 Å². The highest BCUT2D eigenvalue weighted by atomic mass is 32.1. The number of rotatable bonds is 6. The molecule has 0 atom stereocenters. The molecule has 0 spiro atoms. The number of thiazole rings is 1. The summed E-state index contributed by atoms with van der Waals surface area (Å²) in [5.41, 5.74) is 5.90. The molecule has 108 valence electrons. The summed E-state index contributed by atoms with van der Waals surface area (Å²) < 4.78 is 0. The lowest BCUT2D eigenvalue weighted by molar-refractivity contribution is 0.0946. The largest absolute Gasteiger partial charge is 0.344 e. The third kappa shape index (κ3) is 3.81. The second-order valence-corrected chi connectivity index (χ2v) is 6.57. The van der Waals surface area contributed by atoms with Crippen molar-refractivity contribution in [1.82, 2.24) is 20.5 Å². The molecular formula is C12H17N5OS2. The number of amides is 1. The molecule has 0 aliphatic carbocycles. The van der Waals surface area contributed by atoms with Gasteiger partial charge in [0.15, 0.2) is 0 Å². The minimum atomic E-state index is -0.189. The molecule has 3 N–H and O–H groups in total. The number of nitrogens with two attached hydrogens (primary N) is 1. The van der Waals surface area contributed by atoms with Crippen LogP contribution in [0, 0.1) is 0 Å². The molecule has 0 saturated carbocycles. The van der Waals surface area contributed by atoms with E-state index in [-0.39, 0.29) is 5.91 Å². The minimum absolute atomic E-state index is 0.189. The van der Waals surface area contributed by atoms with Gasteiger partial charge in [-0.05, 0) is 6.54 Å². The molecule has 2 heterocycles. The van der Waals surface area contributed by atoms with E-state index < -0.39 is 0 Å². The van der Waals surface area contributed by atoms with Crippen LogP contribution in [0.1, 0.15) is 45.3 Å². The summed E-state index contributed by atoms with van der Waals surface area (Å²) in [6.45, 7) is 5.05. The molecule has 0 saturated heterocycles. The Morgan fingerprint density at radius 1 is 1.40 bits per heavy atom. The van der Waals surface area contributed by atoms with Gasteiger partial charge in [0.05, 0.1) is 11.6 Å². The lowest BCUT2D eigenvalue weighted by Crippen LogP contribution is -2.23. The maximum absolute atomic E-state index is 11.9. The van der Waals surface area contributed by atoms with Gasteiger partial charge in [0.2, 0.25) is 0 Å². The van der Waals surface area contributed by atoms with Crippen LogP contribution in [-0.4, -0.2) is 27.6 Å². The minimum Gasteiger partial charge on any atom is -0.344 e. The zero-order valence-corrected chi connectivity index (χ0v) is 13.1. The van der Waals surface area contributed by atoms with E-state index >= 15 is 0 Å². The predicted octanol–water partition coefficient (Wildman–Crippen LogP) is 1.55. The zero-order chi connectivity index (χ0) is 14.5. The SMILES string of the molecule is CC(C)c1nnc(CNC(=O)c2csc(CCN)n2)s1. The number of hydrogen-bond donors (Lipinski definition) is 2. The molecule has 2 rings (SSSR count). The van der Waals surface area contributed by atoms with E-state index in [1.807, 2.05) is 0 Å². The van der Waals surface area contributed by atoms with Crippen LogP contribution in [-0.2, 0) is 13.0 Å². The third-order valence-electron chi connectivity index (χ3n) is 2.52. The van der Waals surface area contributed by atoms with Crippen molar-refractivity contribution in [2.45, 2.75) is 32.7 Å². The van der Waals surface area contributed by atoms with E-state index in [9.17, 15) is 4.79 Å². The number of aromatic nitrogens is 3. The second kappa shape index (κ2) is 6.87. The first-order chi connectivity index (χ1) is 9.60. The third-order valence-corrected chi connectivity index (χ3v) is 4.65. The molecule has 0 unspecified atom stereocenters. The first kappa shape index (κ1) is 15.0. The average molecular weight is 311 g/mol. The van der Waals surface area contributed by atoms with Gasteiger partial charge in [0, 0.05) is 17.7 Å². The fourth-order valence-corrected chi connectivity index (χ4v) is 3.05. The topological polar surface area (TPSA) is 93.8 Å². The maximum atomic E-state index is 11.9. The highest BCUT2D eigenvalue weighted by Crippen LogP contribution is 2.18. The molecule has 20 heavy (non-hydrogen) atoms. The van der Waals surface area contributed by atoms with E-state index in [0.29, 0.717) is 31.1 Å². The average Bonchev–Trinajstić information content (AvgIpc) is 3.05. The van der Waals surface area contributed by atoms with Gasteiger partial charge < -0.3 is 11.1 Å². The van der Waals surface area contributed by atoms with Crippen LogP contribution in [0.3, 0.4) is 0 Å². The van der Waals surface area contributed by atoms with Gasteiger partial charge in [-0.2, -0.15) is 0 Å². The van der Waals surface area contributed by atoms with E-state index in [2.05, 4.69) is 34.3 Å². The van der Waals surface area contributed by atoms with Gasteiger partial charge in [-0.3, -0.25) is 4.79 Å². The smallest absolute Gasteiger partial charge is 0.271 e. The Balaban J connectivity index is 1.90. The van der Waals surface area contributed by atoms with Crippen molar-refractivity contribution in [1.29, 1.82) is 0 Å². The van der Waals surface area contributed by atoms with Crippen LogP contribution in [0.2, 0.25) is 0 Å². The fourth-order valence-electron chi connectivity index (χ4n) is 1.47. The molecule has 2 aromatic rings. The van der Waals surface area contributed by atoms with Crippen LogP contribution in [0.15, 0.2) is 5.38 Å². The first-order valence-electron chi connectivity index (χ1n) is 6.35. The first-order valence-corrected chi connectivity index (χ1v) is 8.04. The molecule has 0 aliphatic rings. The Morgan fingerprint density at radius 2 is 2.20 bits per heavy atom. The van der Waals surface area contributed by atoms with Gasteiger partial charge in [0.1, 0.15) is 15.7 Å². The van der Waals surface area contributed by atoms with Gasteiger partial charge >= 0.3 is 0 Å². The van der Waals surface area contributed by atoms with Crippen LogP contribution >= 0.6 is 22.7 Å². The molecular weight excluding hydrogens is 294 g/mol. The number of hydrogen-bond acceptors (Lipinski definition) is 7. The maximum Gasteiger partial charge on any atom is 0.271 e. The van der Waals surface area contributed by atoms with E-state index in [4.69, 9.17) is 5.73 Å². The molecule has 6 nitrogen and oxygen atoms in total. The van der Waals surface area contributed by atoms with Crippen molar-refractivity contribution in [2.75, 3.05) is 6.54 Å². The normalized spacial score (nSPS) is 11.0. The molecule has 0 radical (unpaired) electrons. The number of carbonyl (C=O) groups excluding carboxylic acids is 1. The van der Waals surface area contributed by atoms with Crippen molar-refractivity contribution in [3.63, 3.8) is 0 Å². The van der Waals surface area contributed by atoms with Gasteiger partial charge in [0.25, 0.3) is 5.91 Å². The van der Waals surface area contributed by atoms with Crippen molar-refractivity contribution in [3.8, 4) is 0 Å². The molecule has 0 aromatic carbocycles. The second-order valence-electron chi connectivity index (χ2n) is 4.54. The monoisotopic (exact) mass is 311 g/mol. The Hall–Kier alpha value is -1.38. The molecule has 0 aliphatic heterocycles. The summed E-state index contributed by atoms with van der Waals surface area (Å²) in [6, 6.07) is 0. The Bertz CT molecular complexity index is 578. The number of carbonyl (C=O) groups is 1. The van der Waals surface area contributed by atoms with E-state index in [1.54, 1.807) is 5.38 Å². The summed E-state index contributed by atoms with van der Waals surface area (Å²) in [5, 5.41) is 15.4. The molecule has 2 aromatic heterocycles. The summed E-state index contributed by atoms with van der Waals surface area (Å²) in [5.74, 6) is 0.167. The van der Waals surface area contributed by atoms with Crippen LogP contribution < -0.4 is 11.1 Å². The zero-order valence-electron chi connectivity index (χ0n) is 11.4. The van der Waals surface area contributed by atoms with Crippen molar-refractivity contribution < 1.29 is 4.79 Å². The van der Waals surface area contributed by atoms with Crippen molar-refractivity contribution in [3.05, 3.63) is 26.1 Å². The fraction of sp³-hybridized carbons (Fsp3) is 0.500. The number of nitrogens with zero attached hydrogens (tertiary/aromatic N) is 3. The highest BCUT2D eigenvalue weighted by molar-refractivity contribution is 7.11. The summed E-state index contributed by atoms with van der Waals surface area (Å²) in [4.78, 5) is 16.2. The summed E-state index contributed by atoms with van der Waals surface area (Å²) in [7, 11) is 0. The highest BCUT2D eigenvalue weighted by Gasteiger charge is 2.12. The van der Waals surface area contributed by atoms with E-state index in [1.165, 1.54) is 22.7 Å². The van der Waals surface area contributed by atoms with Crippen molar-refractivity contribution in [2.24, 2.45) is 5.73 Å². The Kier molecular flexibility index (Phi) is 5.16. The van der Waals surface area contributed by atoms with Crippen LogP contribution in [0.25, 0.3) is 0 Å². The quantitative estimate of drug-likeness (QED) is 0.844. The summed E-state index contributed by atoms with van der Waals surface area (Å²) in [6.07, 6.45) is 0.700. The van der Waals surface area contributed by atoms with Gasteiger partial charge in [-0.1, -0.05) is 25.2 Å². The van der Waals surface area contributed by atoms with Crippen LogP contribution in [0.4, 0.5) is 0 Å². The summed E-state index contributed by atoms with van der Waals surface area (Å²) >= 11 is 2.98. The Labute approximate surface area is 125 Å². The standard InChI is InChI=1S/C12H17N5OS2/c1-7(2)12-17-16-10(20-12)5-14-11(18)8-6-19-9(15-8)3-4-13/h6-7H,3-5,13H2,1-2H3,(H,14,18). The Morgan fingerprint density at radius 3 is 2.85 bits per heavy atom. The molecule has 1 amide bonds. The predicted molar refractivity (Wildman–Crippen MR) is 80.0 cm³/mol. The van der Waals surface area contributed by atoms with Gasteiger partial charge in [-0.25, -0.2) is 4.98 Å². The molecule has 0 bridgehead atoms. The number of nitrogens with one attached hydrogen (secondary N) is 1. The lowest BCUT2D eigenvalue weighted by atomic mass is 10.2. The molecule has 8 heteroatoms.